The Balaban J connectivity index is 1.88. The molecule has 1 N–H and O–H groups in total. The van der Waals surface area contributed by atoms with Gasteiger partial charge in [0.15, 0.2) is 0 Å². The van der Waals surface area contributed by atoms with Gasteiger partial charge in [-0.3, -0.25) is 0 Å². The maximum Gasteiger partial charge on any atom is 0.127 e. The zero-order chi connectivity index (χ0) is 14.8. The van der Waals surface area contributed by atoms with Crippen LogP contribution in [0, 0.1) is 0 Å². The van der Waals surface area contributed by atoms with Crippen LogP contribution in [0.1, 0.15) is 36.7 Å². The fourth-order valence-corrected chi connectivity index (χ4v) is 2.97. The molecule has 2 unspecified atom stereocenters. The van der Waals surface area contributed by atoms with Gasteiger partial charge < -0.3 is 14.6 Å². The number of ether oxygens (including phenoxy) is 2. The third kappa shape index (κ3) is 3.06. The Kier molecular flexibility index (Phi) is 4.17. The van der Waals surface area contributed by atoms with Crippen molar-refractivity contribution in [2.45, 2.75) is 25.6 Å². The Morgan fingerprint density at radius 2 is 2.14 bits per heavy atom. The molecule has 0 aromatic heterocycles. The number of rotatable bonds is 3. The minimum atomic E-state index is -0.521. The van der Waals surface area contributed by atoms with E-state index >= 15 is 0 Å². The van der Waals surface area contributed by atoms with Gasteiger partial charge in [0.25, 0.3) is 0 Å². The number of hydrogen-bond acceptors (Lipinski definition) is 3. The lowest BCUT2D eigenvalue weighted by Crippen LogP contribution is -2.19. The van der Waals surface area contributed by atoms with Crippen LogP contribution >= 0.6 is 15.9 Å². The molecule has 0 aliphatic carbocycles. The number of aliphatic hydroxyl groups excluding tert-OH is 1. The maximum absolute atomic E-state index is 10.4. The van der Waals surface area contributed by atoms with Crippen LogP contribution in [0.5, 0.6) is 11.5 Å². The van der Waals surface area contributed by atoms with Crippen LogP contribution in [-0.4, -0.2) is 11.7 Å². The van der Waals surface area contributed by atoms with E-state index in [9.17, 15) is 5.11 Å². The minimum absolute atomic E-state index is 0.158. The minimum Gasteiger partial charge on any atom is -0.494 e. The largest absolute Gasteiger partial charge is 0.494 e. The molecule has 3 nitrogen and oxygen atoms in total. The molecule has 2 aromatic rings. The van der Waals surface area contributed by atoms with Crippen molar-refractivity contribution >= 4 is 15.9 Å². The summed E-state index contributed by atoms with van der Waals surface area (Å²) in [7, 11) is 0. The van der Waals surface area contributed by atoms with Gasteiger partial charge in [0, 0.05) is 16.5 Å². The van der Waals surface area contributed by atoms with Crippen molar-refractivity contribution in [2.75, 3.05) is 6.61 Å². The van der Waals surface area contributed by atoms with Gasteiger partial charge in [-0.05, 0) is 42.8 Å². The summed E-state index contributed by atoms with van der Waals surface area (Å²) in [6, 6.07) is 13.6. The first-order valence-corrected chi connectivity index (χ1v) is 7.83. The topological polar surface area (TPSA) is 38.7 Å². The van der Waals surface area contributed by atoms with Crippen LogP contribution in [0.15, 0.2) is 46.9 Å². The lowest BCUT2D eigenvalue weighted by Gasteiger charge is -2.30. The second kappa shape index (κ2) is 6.08. The Morgan fingerprint density at radius 3 is 2.95 bits per heavy atom. The van der Waals surface area contributed by atoms with Gasteiger partial charge in [-0.25, -0.2) is 0 Å². The average Bonchev–Trinajstić information content (AvgIpc) is 2.48. The molecule has 1 aliphatic rings. The Morgan fingerprint density at radius 1 is 1.29 bits per heavy atom. The van der Waals surface area contributed by atoms with Crippen LogP contribution in [0.3, 0.4) is 0 Å². The zero-order valence-corrected chi connectivity index (χ0v) is 13.3. The van der Waals surface area contributed by atoms with E-state index in [1.165, 1.54) is 0 Å². The van der Waals surface area contributed by atoms with Crippen molar-refractivity contribution in [1.82, 2.24) is 0 Å². The van der Waals surface area contributed by atoms with E-state index in [-0.39, 0.29) is 6.10 Å². The quantitative estimate of drug-likeness (QED) is 0.892. The predicted molar refractivity (Wildman–Crippen MR) is 84.7 cm³/mol. The monoisotopic (exact) mass is 348 g/mol. The van der Waals surface area contributed by atoms with E-state index < -0.39 is 6.10 Å². The highest BCUT2D eigenvalue weighted by atomic mass is 79.9. The standard InChI is InChI=1S/C17H17BrO3/c1-2-20-13-5-3-4-11(8-13)17-10-15(19)14-9-12(18)6-7-16(14)21-17/h3-9,15,17,19H,2,10H2,1H3. The molecule has 0 saturated heterocycles. The summed E-state index contributed by atoms with van der Waals surface area (Å²) >= 11 is 3.42. The van der Waals surface area contributed by atoms with Crippen molar-refractivity contribution in [3.8, 4) is 11.5 Å². The number of halogens is 1. The van der Waals surface area contributed by atoms with Crippen molar-refractivity contribution in [3.05, 3.63) is 58.1 Å². The van der Waals surface area contributed by atoms with Gasteiger partial charge in [-0.2, -0.15) is 0 Å². The van der Waals surface area contributed by atoms with E-state index in [1.54, 1.807) is 0 Å². The normalized spacial score (nSPS) is 20.5. The number of benzene rings is 2. The smallest absolute Gasteiger partial charge is 0.127 e. The van der Waals surface area contributed by atoms with Gasteiger partial charge in [0.1, 0.15) is 17.6 Å². The molecule has 0 bridgehead atoms. The van der Waals surface area contributed by atoms with Crippen molar-refractivity contribution in [1.29, 1.82) is 0 Å². The Hall–Kier alpha value is -1.52. The Labute approximate surface area is 132 Å². The third-order valence-corrected chi connectivity index (χ3v) is 4.07. The van der Waals surface area contributed by atoms with Crippen molar-refractivity contribution in [2.24, 2.45) is 0 Å². The summed E-state index contributed by atoms with van der Waals surface area (Å²) in [4.78, 5) is 0. The molecule has 0 amide bonds. The van der Waals surface area contributed by atoms with Crippen LogP contribution < -0.4 is 9.47 Å². The van der Waals surface area contributed by atoms with E-state index in [4.69, 9.17) is 9.47 Å². The lowest BCUT2D eigenvalue weighted by atomic mass is 9.95. The molecule has 21 heavy (non-hydrogen) atoms. The summed E-state index contributed by atoms with van der Waals surface area (Å²) < 4.78 is 12.5. The highest BCUT2D eigenvalue weighted by molar-refractivity contribution is 9.10. The van der Waals surface area contributed by atoms with Gasteiger partial charge >= 0.3 is 0 Å². The molecule has 0 spiro atoms. The molecule has 0 radical (unpaired) electrons. The molecular weight excluding hydrogens is 332 g/mol. The van der Waals surface area contributed by atoms with Gasteiger partial charge in [-0.1, -0.05) is 28.1 Å². The molecule has 4 heteroatoms. The summed E-state index contributed by atoms with van der Waals surface area (Å²) in [5, 5.41) is 10.4. The van der Waals surface area contributed by atoms with E-state index in [0.29, 0.717) is 13.0 Å². The summed E-state index contributed by atoms with van der Waals surface area (Å²) in [5.41, 5.74) is 1.86. The van der Waals surface area contributed by atoms with Gasteiger partial charge in [-0.15, -0.1) is 0 Å². The molecule has 2 aromatic carbocycles. The first-order valence-electron chi connectivity index (χ1n) is 7.04. The van der Waals surface area contributed by atoms with Crippen molar-refractivity contribution in [3.63, 3.8) is 0 Å². The summed E-state index contributed by atoms with van der Waals surface area (Å²) in [6.45, 7) is 2.59. The molecular formula is C17H17BrO3. The van der Waals surface area contributed by atoms with Crippen molar-refractivity contribution < 1.29 is 14.6 Å². The number of hydrogen-bond donors (Lipinski definition) is 1. The number of aliphatic hydroxyl groups is 1. The second-order valence-corrected chi connectivity index (χ2v) is 5.96. The maximum atomic E-state index is 10.4. The highest BCUT2D eigenvalue weighted by Gasteiger charge is 2.28. The first-order chi connectivity index (χ1) is 10.2. The molecule has 2 atom stereocenters. The van der Waals surface area contributed by atoms with Crippen LogP contribution in [0.2, 0.25) is 0 Å². The zero-order valence-electron chi connectivity index (χ0n) is 11.8. The fourth-order valence-electron chi connectivity index (χ4n) is 2.59. The lowest BCUT2D eigenvalue weighted by molar-refractivity contribution is 0.0655. The molecule has 1 heterocycles. The van der Waals surface area contributed by atoms with E-state index in [2.05, 4.69) is 15.9 Å². The molecule has 1 aliphatic heterocycles. The predicted octanol–water partition coefficient (Wildman–Crippen LogP) is 4.41. The van der Waals surface area contributed by atoms with E-state index in [1.807, 2.05) is 49.4 Å². The third-order valence-electron chi connectivity index (χ3n) is 3.58. The molecule has 0 fully saturated rings. The summed E-state index contributed by atoms with van der Waals surface area (Å²) in [5.74, 6) is 1.57. The molecule has 110 valence electrons. The number of fused-ring (bicyclic) bond motifs is 1. The average molecular weight is 349 g/mol. The van der Waals surface area contributed by atoms with Crippen LogP contribution in [0.25, 0.3) is 0 Å². The van der Waals surface area contributed by atoms with Gasteiger partial charge in [0.2, 0.25) is 0 Å². The SMILES string of the molecule is CCOc1cccc(C2CC(O)c3cc(Br)ccc3O2)c1. The highest BCUT2D eigenvalue weighted by Crippen LogP contribution is 2.42. The van der Waals surface area contributed by atoms with Crippen LogP contribution in [0.4, 0.5) is 0 Å². The first kappa shape index (κ1) is 14.4. The Bertz CT molecular complexity index is 642. The molecule has 3 rings (SSSR count). The fraction of sp³-hybridized carbons (Fsp3) is 0.294. The van der Waals surface area contributed by atoms with Crippen LogP contribution in [-0.2, 0) is 0 Å². The summed E-state index contributed by atoms with van der Waals surface area (Å²) in [6.07, 6.45) is -0.139. The second-order valence-electron chi connectivity index (χ2n) is 5.05. The van der Waals surface area contributed by atoms with Gasteiger partial charge in [0.05, 0.1) is 12.7 Å². The molecule has 0 saturated carbocycles. The van der Waals surface area contributed by atoms with E-state index in [0.717, 1.165) is 27.1 Å².